The fourth-order valence-electron chi connectivity index (χ4n) is 2.23. The van der Waals surface area contributed by atoms with Crippen LogP contribution in [0.1, 0.15) is 32.4 Å². The van der Waals surface area contributed by atoms with E-state index in [4.69, 9.17) is 10.5 Å². The number of ether oxygens (including phenoxy) is 1. The third kappa shape index (κ3) is 1.37. The zero-order valence-corrected chi connectivity index (χ0v) is 9.18. The van der Waals surface area contributed by atoms with Gasteiger partial charge in [0.15, 0.2) is 17.0 Å². The van der Waals surface area contributed by atoms with Crippen LogP contribution in [0.4, 0.5) is 5.82 Å². The molecular weight excluding hydrogens is 206 g/mol. The number of nitrogens with one attached hydrogen (secondary N) is 1. The molecule has 1 saturated heterocycles. The van der Waals surface area contributed by atoms with Crippen LogP contribution in [0.2, 0.25) is 0 Å². The van der Waals surface area contributed by atoms with Crippen LogP contribution in [0.25, 0.3) is 11.2 Å². The zero-order valence-electron chi connectivity index (χ0n) is 9.18. The van der Waals surface area contributed by atoms with Crippen molar-refractivity contribution in [3.63, 3.8) is 0 Å². The molecule has 1 fully saturated rings. The van der Waals surface area contributed by atoms with Gasteiger partial charge in [-0.3, -0.25) is 9.67 Å². The second-order valence-corrected chi connectivity index (χ2v) is 4.29. The maximum absolute atomic E-state index is 5.88. The monoisotopic (exact) mass is 221 g/mol. The lowest BCUT2D eigenvalue weighted by molar-refractivity contribution is -0.0789. The molecule has 0 bridgehead atoms. The summed E-state index contributed by atoms with van der Waals surface area (Å²) in [5.41, 5.74) is 7.26. The Morgan fingerprint density at radius 2 is 2.44 bits per heavy atom. The van der Waals surface area contributed by atoms with Crippen molar-refractivity contribution in [1.29, 1.82) is 0 Å². The second-order valence-electron chi connectivity index (χ2n) is 4.29. The van der Waals surface area contributed by atoms with Gasteiger partial charge in [0.1, 0.15) is 6.23 Å². The SMILES string of the molecule is CC1CCCC(n2cnc3c(N)n[nH]c32)O1. The number of aromatic amines is 1. The molecule has 3 rings (SSSR count). The fraction of sp³-hybridized carbons (Fsp3) is 0.600. The van der Waals surface area contributed by atoms with Crippen molar-refractivity contribution in [2.45, 2.75) is 38.5 Å². The number of rotatable bonds is 1. The van der Waals surface area contributed by atoms with Crippen LogP contribution in [0.15, 0.2) is 6.33 Å². The summed E-state index contributed by atoms with van der Waals surface area (Å²) >= 11 is 0. The quantitative estimate of drug-likeness (QED) is 0.763. The van der Waals surface area contributed by atoms with Gasteiger partial charge in [-0.2, -0.15) is 5.10 Å². The van der Waals surface area contributed by atoms with Gasteiger partial charge in [0.2, 0.25) is 0 Å². The van der Waals surface area contributed by atoms with Crippen LogP contribution < -0.4 is 5.73 Å². The minimum absolute atomic E-state index is 0.0496. The third-order valence-electron chi connectivity index (χ3n) is 3.08. The average Bonchev–Trinajstić information content (AvgIpc) is 2.82. The summed E-state index contributed by atoms with van der Waals surface area (Å²) in [5, 5.41) is 6.84. The van der Waals surface area contributed by atoms with E-state index in [2.05, 4.69) is 22.1 Å². The Bertz CT molecular complexity index is 502. The highest BCUT2D eigenvalue weighted by Crippen LogP contribution is 2.29. The Hall–Kier alpha value is -1.56. The van der Waals surface area contributed by atoms with Gasteiger partial charge >= 0.3 is 0 Å². The third-order valence-corrected chi connectivity index (χ3v) is 3.08. The minimum atomic E-state index is 0.0496. The summed E-state index contributed by atoms with van der Waals surface area (Å²) in [6.07, 6.45) is 5.43. The lowest BCUT2D eigenvalue weighted by Gasteiger charge is -2.28. The smallest absolute Gasteiger partial charge is 0.173 e. The van der Waals surface area contributed by atoms with Crippen molar-refractivity contribution in [2.75, 3.05) is 5.73 Å². The second kappa shape index (κ2) is 3.48. The van der Waals surface area contributed by atoms with Crippen LogP contribution in [-0.4, -0.2) is 25.9 Å². The van der Waals surface area contributed by atoms with E-state index in [0.717, 1.165) is 24.0 Å². The van der Waals surface area contributed by atoms with Gasteiger partial charge in [0, 0.05) is 0 Å². The molecule has 0 aliphatic carbocycles. The highest BCUT2D eigenvalue weighted by molar-refractivity contribution is 5.82. The summed E-state index contributed by atoms with van der Waals surface area (Å²) < 4.78 is 7.86. The number of fused-ring (bicyclic) bond motifs is 1. The Labute approximate surface area is 92.8 Å². The molecule has 6 nitrogen and oxygen atoms in total. The van der Waals surface area contributed by atoms with Crippen LogP contribution in [0, 0.1) is 0 Å². The normalized spacial score (nSPS) is 26.3. The molecule has 2 aromatic rings. The Kier molecular flexibility index (Phi) is 2.10. The van der Waals surface area contributed by atoms with E-state index in [1.807, 2.05) is 4.57 Å². The van der Waals surface area contributed by atoms with Crippen molar-refractivity contribution < 1.29 is 4.74 Å². The highest BCUT2D eigenvalue weighted by Gasteiger charge is 2.23. The lowest BCUT2D eigenvalue weighted by atomic mass is 10.1. The number of H-pyrrole nitrogens is 1. The fourth-order valence-corrected chi connectivity index (χ4v) is 2.23. The number of nitrogens with zero attached hydrogens (tertiary/aromatic N) is 3. The average molecular weight is 221 g/mol. The van der Waals surface area contributed by atoms with Gasteiger partial charge in [-0.05, 0) is 26.2 Å². The Morgan fingerprint density at radius 3 is 3.25 bits per heavy atom. The number of nitrogens with two attached hydrogens (primary N) is 1. The van der Waals surface area contributed by atoms with Gasteiger partial charge in [-0.15, -0.1) is 0 Å². The molecule has 0 amide bonds. The lowest BCUT2D eigenvalue weighted by Crippen LogP contribution is -2.23. The van der Waals surface area contributed by atoms with Gasteiger partial charge in [-0.1, -0.05) is 0 Å². The van der Waals surface area contributed by atoms with E-state index >= 15 is 0 Å². The zero-order chi connectivity index (χ0) is 11.1. The molecule has 0 radical (unpaired) electrons. The summed E-state index contributed by atoms with van der Waals surface area (Å²) in [6, 6.07) is 0. The van der Waals surface area contributed by atoms with Crippen molar-refractivity contribution in [1.82, 2.24) is 19.7 Å². The molecule has 3 N–H and O–H groups in total. The molecule has 2 unspecified atom stereocenters. The van der Waals surface area contributed by atoms with Crippen LogP contribution in [0.3, 0.4) is 0 Å². The first-order valence-corrected chi connectivity index (χ1v) is 5.57. The number of aromatic nitrogens is 4. The first kappa shape index (κ1) is 9.65. The van der Waals surface area contributed by atoms with Crippen molar-refractivity contribution >= 4 is 17.0 Å². The standard InChI is InChI=1S/C10H15N5O/c1-6-3-2-4-7(16-6)15-5-12-8-9(11)13-14-10(8)15/h5-7H,2-4H2,1H3,(H3,11,13,14). The van der Waals surface area contributed by atoms with E-state index in [1.165, 1.54) is 6.42 Å². The summed E-state index contributed by atoms with van der Waals surface area (Å²) in [4.78, 5) is 4.24. The number of hydrogen-bond acceptors (Lipinski definition) is 4. The molecular formula is C10H15N5O. The summed E-state index contributed by atoms with van der Waals surface area (Å²) in [5.74, 6) is 0.442. The Balaban J connectivity index is 1.98. The van der Waals surface area contributed by atoms with E-state index in [9.17, 15) is 0 Å². The van der Waals surface area contributed by atoms with Gasteiger partial charge in [-0.25, -0.2) is 4.98 Å². The van der Waals surface area contributed by atoms with E-state index in [0.29, 0.717) is 11.9 Å². The molecule has 16 heavy (non-hydrogen) atoms. The van der Waals surface area contributed by atoms with Crippen LogP contribution >= 0.6 is 0 Å². The maximum Gasteiger partial charge on any atom is 0.173 e. The molecule has 2 atom stereocenters. The highest BCUT2D eigenvalue weighted by atomic mass is 16.5. The van der Waals surface area contributed by atoms with Gasteiger partial charge in [0.25, 0.3) is 0 Å². The van der Waals surface area contributed by atoms with E-state index < -0.39 is 0 Å². The van der Waals surface area contributed by atoms with Gasteiger partial charge < -0.3 is 10.5 Å². The predicted molar refractivity (Wildman–Crippen MR) is 59.7 cm³/mol. The van der Waals surface area contributed by atoms with E-state index in [-0.39, 0.29) is 6.23 Å². The molecule has 86 valence electrons. The van der Waals surface area contributed by atoms with E-state index in [1.54, 1.807) is 6.33 Å². The summed E-state index contributed by atoms with van der Waals surface area (Å²) in [6.45, 7) is 2.10. The van der Waals surface area contributed by atoms with Gasteiger partial charge in [0.05, 0.1) is 12.4 Å². The predicted octanol–water partition coefficient (Wildman–Crippen LogP) is 1.43. The largest absolute Gasteiger partial charge is 0.380 e. The summed E-state index contributed by atoms with van der Waals surface area (Å²) in [7, 11) is 0. The number of anilines is 1. The molecule has 6 heteroatoms. The number of imidazole rings is 1. The first-order chi connectivity index (χ1) is 7.75. The topological polar surface area (TPSA) is 81.8 Å². The Morgan fingerprint density at radius 1 is 1.56 bits per heavy atom. The first-order valence-electron chi connectivity index (χ1n) is 5.57. The number of hydrogen-bond donors (Lipinski definition) is 2. The minimum Gasteiger partial charge on any atom is -0.380 e. The van der Waals surface area contributed by atoms with Crippen molar-refractivity contribution in [2.24, 2.45) is 0 Å². The molecule has 2 aromatic heterocycles. The molecule has 0 saturated carbocycles. The molecule has 3 heterocycles. The van der Waals surface area contributed by atoms with Crippen molar-refractivity contribution in [3.05, 3.63) is 6.33 Å². The maximum atomic E-state index is 5.88. The number of nitrogen functional groups attached to an aromatic ring is 1. The molecule has 0 aromatic carbocycles. The molecule has 1 aliphatic heterocycles. The van der Waals surface area contributed by atoms with Crippen molar-refractivity contribution in [3.8, 4) is 0 Å². The van der Waals surface area contributed by atoms with Crippen LogP contribution in [-0.2, 0) is 4.74 Å². The molecule has 1 aliphatic rings. The molecule has 0 spiro atoms. The van der Waals surface area contributed by atoms with Crippen LogP contribution in [0.5, 0.6) is 0 Å².